The molecule has 1 fully saturated rings. The molecule has 1 saturated heterocycles. The number of carbonyl (C=O) groups is 1. The van der Waals surface area contributed by atoms with Crippen LogP contribution in [0.15, 0.2) is 18.2 Å². The largest absolute Gasteiger partial charge is 0.466 e. The highest BCUT2D eigenvalue weighted by Gasteiger charge is 2.37. The summed E-state index contributed by atoms with van der Waals surface area (Å²) in [4.78, 5) is 14.6. The Hall–Kier alpha value is -1.47. The zero-order valence-electron chi connectivity index (χ0n) is 14.1. The smallest absolute Gasteiger partial charge is 0.419 e. The van der Waals surface area contributed by atoms with E-state index in [0.717, 1.165) is 19.4 Å². The minimum Gasteiger partial charge on any atom is -0.466 e. The summed E-state index contributed by atoms with van der Waals surface area (Å²) in [7, 11) is 0. The van der Waals surface area contributed by atoms with Crippen LogP contribution in [0.3, 0.4) is 0 Å². The maximum absolute atomic E-state index is 13.3. The number of halogens is 4. The van der Waals surface area contributed by atoms with Gasteiger partial charge in [-0.1, -0.05) is 17.7 Å². The average Bonchev–Trinajstić information content (AvgIpc) is 2.53. The molecule has 25 heavy (non-hydrogen) atoms. The maximum atomic E-state index is 13.3. The minimum absolute atomic E-state index is 0.148. The zero-order valence-corrected chi connectivity index (χ0v) is 14.9. The van der Waals surface area contributed by atoms with Crippen molar-refractivity contribution in [1.82, 2.24) is 4.90 Å². The van der Waals surface area contributed by atoms with Crippen molar-refractivity contribution in [2.75, 3.05) is 44.2 Å². The highest BCUT2D eigenvalue weighted by atomic mass is 35.5. The van der Waals surface area contributed by atoms with Crippen molar-refractivity contribution < 1.29 is 22.7 Å². The van der Waals surface area contributed by atoms with Crippen molar-refractivity contribution in [2.45, 2.75) is 25.9 Å². The van der Waals surface area contributed by atoms with Gasteiger partial charge >= 0.3 is 12.1 Å². The van der Waals surface area contributed by atoms with E-state index in [1.807, 2.05) is 0 Å². The van der Waals surface area contributed by atoms with Gasteiger partial charge in [-0.25, -0.2) is 0 Å². The number of nitrogens with zero attached hydrogens (tertiary/aromatic N) is 2. The summed E-state index contributed by atoms with van der Waals surface area (Å²) in [6.45, 7) is 5.06. The zero-order chi connectivity index (χ0) is 18.4. The molecule has 2 rings (SSSR count). The Morgan fingerprint density at radius 2 is 1.88 bits per heavy atom. The first-order valence-electron chi connectivity index (χ1n) is 8.25. The lowest BCUT2D eigenvalue weighted by atomic mass is 10.1. The molecule has 0 saturated carbocycles. The lowest BCUT2D eigenvalue weighted by Gasteiger charge is -2.37. The van der Waals surface area contributed by atoms with Crippen LogP contribution in [0.1, 0.15) is 25.3 Å². The van der Waals surface area contributed by atoms with Crippen LogP contribution < -0.4 is 4.90 Å². The number of piperazine rings is 1. The number of anilines is 1. The number of ether oxygens (including phenoxy) is 1. The van der Waals surface area contributed by atoms with Gasteiger partial charge in [0.15, 0.2) is 0 Å². The van der Waals surface area contributed by atoms with Crippen LogP contribution in [0.4, 0.5) is 18.9 Å². The number of hydrogen-bond donors (Lipinski definition) is 0. The molecular formula is C17H22ClF3N2O2. The molecule has 0 aromatic heterocycles. The summed E-state index contributed by atoms with van der Waals surface area (Å²) in [6, 6.07) is 4.30. The van der Waals surface area contributed by atoms with Gasteiger partial charge in [-0.3, -0.25) is 9.69 Å². The van der Waals surface area contributed by atoms with Crippen molar-refractivity contribution in [1.29, 1.82) is 0 Å². The molecule has 1 aliphatic heterocycles. The first kappa shape index (κ1) is 19.8. The second-order valence-electron chi connectivity index (χ2n) is 6.01. The van der Waals surface area contributed by atoms with E-state index >= 15 is 0 Å². The number of carbonyl (C=O) groups excluding carboxylic acids is 1. The van der Waals surface area contributed by atoms with Gasteiger partial charge in [0.25, 0.3) is 0 Å². The molecular weight excluding hydrogens is 357 g/mol. The Bertz CT molecular complexity index is 588. The highest BCUT2D eigenvalue weighted by Crippen LogP contribution is 2.41. The lowest BCUT2D eigenvalue weighted by Crippen LogP contribution is -2.47. The molecule has 0 aliphatic carbocycles. The van der Waals surface area contributed by atoms with E-state index in [1.165, 1.54) is 19.1 Å². The quantitative estimate of drug-likeness (QED) is 0.556. The second-order valence-corrected chi connectivity index (χ2v) is 6.41. The normalized spacial score (nSPS) is 16.1. The Morgan fingerprint density at radius 3 is 2.48 bits per heavy atom. The molecule has 140 valence electrons. The maximum Gasteiger partial charge on any atom is 0.419 e. The lowest BCUT2D eigenvalue weighted by molar-refractivity contribution is -0.141. The van der Waals surface area contributed by atoms with Crippen LogP contribution in [-0.2, 0) is 15.7 Å². The minimum atomic E-state index is -4.47. The predicted octanol–water partition coefficient (Wildman–Crippen LogP) is 3.82. The number of rotatable bonds is 6. The SMILES string of the molecule is CC(=O)OCCCCN1CCN(c2cccc(Cl)c2C(F)(F)F)CC1. The fourth-order valence-electron chi connectivity index (χ4n) is 2.92. The van der Waals surface area contributed by atoms with Crippen molar-refractivity contribution in [2.24, 2.45) is 0 Å². The predicted molar refractivity (Wildman–Crippen MR) is 91.0 cm³/mol. The molecule has 0 spiro atoms. The van der Waals surface area contributed by atoms with Gasteiger partial charge in [0.1, 0.15) is 0 Å². The van der Waals surface area contributed by atoms with Gasteiger partial charge in [0.05, 0.1) is 22.9 Å². The summed E-state index contributed by atoms with van der Waals surface area (Å²) >= 11 is 5.79. The van der Waals surface area contributed by atoms with E-state index < -0.39 is 11.7 Å². The number of alkyl halides is 3. The van der Waals surface area contributed by atoms with Crippen LogP contribution in [0.25, 0.3) is 0 Å². The topological polar surface area (TPSA) is 32.8 Å². The average molecular weight is 379 g/mol. The van der Waals surface area contributed by atoms with Crippen LogP contribution in [0.2, 0.25) is 5.02 Å². The van der Waals surface area contributed by atoms with Gasteiger partial charge in [-0.05, 0) is 31.5 Å². The van der Waals surface area contributed by atoms with E-state index in [0.29, 0.717) is 32.8 Å². The number of benzene rings is 1. The Balaban J connectivity index is 1.87. The molecule has 8 heteroatoms. The van der Waals surface area contributed by atoms with Gasteiger partial charge in [0.2, 0.25) is 0 Å². The fraction of sp³-hybridized carbons (Fsp3) is 0.588. The summed E-state index contributed by atoms with van der Waals surface area (Å²) < 4.78 is 44.7. The van der Waals surface area contributed by atoms with Crippen LogP contribution >= 0.6 is 11.6 Å². The standard InChI is InChI=1S/C17H22ClF3N2O2/c1-13(24)25-12-3-2-7-22-8-10-23(11-9-22)15-6-4-5-14(18)16(15)17(19,20)21/h4-6H,2-3,7-12H2,1H3. The molecule has 1 aliphatic rings. The Labute approximate surface area is 150 Å². The van der Waals surface area contributed by atoms with Crippen molar-refractivity contribution in [3.63, 3.8) is 0 Å². The summed E-state index contributed by atoms with van der Waals surface area (Å²) in [5.74, 6) is -0.282. The Morgan fingerprint density at radius 1 is 1.20 bits per heavy atom. The molecule has 1 aromatic carbocycles. The number of unbranched alkanes of at least 4 members (excludes halogenated alkanes) is 1. The molecule has 4 nitrogen and oxygen atoms in total. The first-order valence-corrected chi connectivity index (χ1v) is 8.63. The van der Waals surface area contributed by atoms with E-state index in [2.05, 4.69) is 4.90 Å². The van der Waals surface area contributed by atoms with E-state index in [4.69, 9.17) is 16.3 Å². The van der Waals surface area contributed by atoms with Gasteiger partial charge in [0, 0.05) is 33.1 Å². The first-order chi connectivity index (χ1) is 11.8. The van der Waals surface area contributed by atoms with Crippen molar-refractivity contribution in [3.05, 3.63) is 28.8 Å². The van der Waals surface area contributed by atoms with E-state index in [9.17, 15) is 18.0 Å². The van der Waals surface area contributed by atoms with Crippen LogP contribution in [0.5, 0.6) is 0 Å². The summed E-state index contributed by atoms with van der Waals surface area (Å²) in [5, 5.41) is -0.266. The number of esters is 1. The van der Waals surface area contributed by atoms with E-state index in [1.54, 1.807) is 11.0 Å². The third-order valence-corrected chi connectivity index (χ3v) is 4.48. The highest BCUT2D eigenvalue weighted by molar-refractivity contribution is 6.31. The van der Waals surface area contributed by atoms with E-state index in [-0.39, 0.29) is 16.7 Å². The van der Waals surface area contributed by atoms with Crippen molar-refractivity contribution >= 4 is 23.3 Å². The van der Waals surface area contributed by atoms with Crippen LogP contribution in [0, 0.1) is 0 Å². The summed E-state index contributed by atoms with van der Waals surface area (Å²) in [5.41, 5.74) is -0.610. The Kier molecular flexibility index (Phi) is 6.95. The second kappa shape index (κ2) is 8.76. The molecule has 0 radical (unpaired) electrons. The molecule has 0 amide bonds. The molecule has 1 heterocycles. The van der Waals surface area contributed by atoms with Crippen LogP contribution in [-0.4, -0.2) is 50.2 Å². The van der Waals surface area contributed by atoms with Crippen molar-refractivity contribution in [3.8, 4) is 0 Å². The van der Waals surface area contributed by atoms with Gasteiger partial charge in [-0.15, -0.1) is 0 Å². The monoisotopic (exact) mass is 378 g/mol. The molecule has 0 bridgehead atoms. The molecule has 0 N–H and O–H groups in total. The summed E-state index contributed by atoms with van der Waals surface area (Å²) in [6.07, 6.45) is -2.80. The third-order valence-electron chi connectivity index (χ3n) is 4.16. The molecule has 0 atom stereocenters. The number of hydrogen-bond acceptors (Lipinski definition) is 4. The van der Waals surface area contributed by atoms with Gasteiger partial charge in [-0.2, -0.15) is 13.2 Å². The fourth-order valence-corrected chi connectivity index (χ4v) is 3.20. The molecule has 0 unspecified atom stereocenters. The van der Waals surface area contributed by atoms with Gasteiger partial charge < -0.3 is 9.64 Å². The molecule has 1 aromatic rings. The third kappa shape index (κ3) is 5.78.